The van der Waals surface area contributed by atoms with E-state index in [1.165, 1.54) is 4.31 Å². The fraction of sp³-hybridized carbons (Fsp3) is 0.680. The Morgan fingerprint density at radius 3 is 2.47 bits per heavy atom. The maximum absolute atomic E-state index is 13.4. The summed E-state index contributed by atoms with van der Waals surface area (Å²) in [7, 11) is -3.64. The molecule has 2 saturated heterocycles. The van der Waals surface area contributed by atoms with E-state index in [2.05, 4.69) is 5.32 Å². The van der Waals surface area contributed by atoms with Gasteiger partial charge in [-0.15, -0.1) is 0 Å². The van der Waals surface area contributed by atoms with Gasteiger partial charge >= 0.3 is 0 Å². The first-order valence-electron chi connectivity index (χ1n) is 12.7. The maximum Gasteiger partial charge on any atom is 0.243 e. The first kappa shape index (κ1) is 23.8. The molecule has 9 heteroatoms. The molecule has 2 amide bonds. The molecule has 0 bridgehead atoms. The van der Waals surface area contributed by atoms with Gasteiger partial charge in [0.25, 0.3) is 0 Å². The van der Waals surface area contributed by atoms with Crippen molar-refractivity contribution in [3.63, 3.8) is 0 Å². The number of carbonyl (C=O) groups excluding carboxylic acids is 2. The lowest BCUT2D eigenvalue weighted by Gasteiger charge is -2.32. The molecule has 1 N–H and O–H groups in total. The molecule has 2 atom stereocenters. The van der Waals surface area contributed by atoms with Crippen LogP contribution in [0.1, 0.15) is 57.4 Å². The second-order valence-electron chi connectivity index (χ2n) is 10.2. The van der Waals surface area contributed by atoms with Gasteiger partial charge in [-0.05, 0) is 75.6 Å². The van der Waals surface area contributed by atoms with E-state index in [9.17, 15) is 18.0 Å². The Hall–Kier alpha value is -1.97. The Morgan fingerprint density at radius 2 is 1.82 bits per heavy atom. The molecule has 0 aromatic heterocycles. The van der Waals surface area contributed by atoms with Crippen LogP contribution in [-0.2, 0) is 30.8 Å². The second-order valence-corrected chi connectivity index (χ2v) is 12.2. The lowest BCUT2D eigenvalue weighted by atomic mass is 9.84. The van der Waals surface area contributed by atoms with Crippen LogP contribution in [-0.4, -0.2) is 62.9 Å². The summed E-state index contributed by atoms with van der Waals surface area (Å²) in [6.07, 6.45) is 6.82. The van der Waals surface area contributed by atoms with Gasteiger partial charge in [0.2, 0.25) is 21.8 Å². The van der Waals surface area contributed by atoms with E-state index < -0.39 is 10.0 Å². The molecule has 5 rings (SSSR count). The van der Waals surface area contributed by atoms with Crippen molar-refractivity contribution in [3.05, 3.63) is 23.8 Å². The van der Waals surface area contributed by atoms with Crippen LogP contribution < -0.4 is 10.2 Å². The highest BCUT2D eigenvalue weighted by atomic mass is 32.2. The van der Waals surface area contributed by atoms with Gasteiger partial charge in [-0.2, -0.15) is 4.31 Å². The lowest BCUT2D eigenvalue weighted by Crippen LogP contribution is -2.44. The summed E-state index contributed by atoms with van der Waals surface area (Å²) in [5, 5.41) is 2.98. The second kappa shape index (κ2) is 9.59. The van der Waals surface area contributed by atoms with Crippen LogP contribution in [0, 0.1) is 11.8 Å². The number of anilines is 1. The minimum Gasteiger partial charge on any atom is -0.376 e. The minimum absolute atomic E-state index is 0.00436. The summed E-state index contributed by atoms with van der Waals surface area (Å²) in [4.78, 5) is 27.6. The van der Waals surface area contributed by atoms with E-state index in [1.54, 1.807) is 18.2 Å². The van der Waals surface area contributed by atoms with Crippen molar-refractivity contribution >= 4 is 27.5 Å². The molecule has 3 heterocycles. The molecule has 1 aromatic rings. The maximum atomic E-state index is 13.4. The quantitative estimate of drug-likeness (QED) is 0.662. The van der Waals surface area contributed by atoms with Crippen LogP contribution in [0.15, 0.2) is 23.1 Å². The van der Waals surface area contributed by atoms with E-state index >= 15 is 0 Å². The summed E-state index contributed by atoms with van der Waals surface area (Å²) in [5.74, 6) is 0.115. The highest BCUT2D eigenvalue weighted by molar-refractivity contribution is 7.89. The molecule has 0 unspecified atom stereocenters. The van der Waals surface area contributed by atoms with Gasteiger partial charge in [-0.3, -0.25) is 9.59 Å². The molecule has 0 spiro atoms. The minimum atomic E-state index is -3.64. The van der Waals surface area contributed by atoms with Gasteiger partial charge in [-0.25, -0.2) is 8.42 Å². The number of sulfonamides is 1. The molecule has 8 nitrogen and oxygen atoms in total. The number of fused-ring (bicyclic) bond motifs is 1. The monoisotopic (exact) mass is 489 g/mol. The van der Waals surface area contributed by atoms with Crippen LogP contribution in [0.4, 0.5) is 5.69 Å². The van der Waals surface area contributed by atoms with Crippen molar-refractivity contribution in [2.24, 2.45) is 11.8 Å². The van der Waals surface area contributed by atoms with Gasteiger partial charge in [0.05, 0.1) is 11.0 Å². The molecule has 4 aliphatic rings. The number of nitrogens with zero attached hydrogens (tertiary/aromatic N) is 2. The number of hydrogen-bond donors (Lipinski definition) is 1. The van der Waals surface area contributed by atoms with Crippen molar-refractivity contribution in [2.75, 3.05) is 31.1 Å². The summed E-state index contributed by atoms with van der Waals surface area (Å²) >= 11 is 0. The summed E-state index contributed by atoms with van der Waals surface area (Å²) < 4.78 is 33.8. The van der Waals surface area contributed by atoms with Crippen LogP contribution in [0.3, 0.4) is 0 Å². The third-order valence-electron chi connectivity index (χ3n) is 7.95. The van der Waals surface area contributed by atoms with E-state index in [1.807, 2.05) is 11.8 Å². The van der Waals surface area contributed by atoms with Gasteiger partial charge in [-0.1, -0.05) is 6.42 Å². The van der Waals surface area contributed by atoms with Gasteiger partial charge in [0.1, 0.15) is 0 Å². The van der Waals surface area contributed by atoms with Crippen molar-refractivity contribution in [2.45, 2.75) is 75.3 Å². The van der Waals surface area contributed by atoms with Crippen molar-refractivity contribution < 1.29 is 22.7 Å². The summed E-state index contributed by atoms with van der Waals surface area (Å²) in [5.41, 5.74) is 1.77. The molecule has 186 valence electrons. The standard InChI is InChI=1S/C25H35N3O5S/c1-17-14-20-15-22(7-8-23(20)28(17)25(30)19-4-2-5-19)34(31,32)27-11-9-18(10-12-27)24(29)26-16-21-6-3-13-33-21/h7-8,15,17-19,21H,2-6,9-14,16H2,1H3,(H,26,29)/t17-,21-/m1/s1. The highest BCUT2D eigenvalue weighted by Gasteiger charge is 2.38. The molecular formula is C25H35N3O5S. The third kappa shape index (κ3) is 4.50. The third-order valence-corrected chi connectivity index (χ3v) is 9.84. The lowest BCUT2D eigenvalue weighted by molar-refractivity contribution is -0.126. The van der Waals surface area contributed by atoms with Crippen LogP contribution >= 0.6 is 0 Å². The molecule has 3 aliphatic heterocycles. The largest absolute Gasteiger partial charge is 0.376 e. The van der Waals surface area contributed by atoms with Gasteiger partial charge in [0.15, 0.2) is 0 Å². The molecule has 0 radical (unpaired) electrons. The fourth-order valence-corrected chi connectivity index (χ4v) is 7.15. The number of rotatable bonds is 6. The number of benzene rings is 1. The number of hydrogen-bond acceptors (Lipinski definition) is 5. The molecule has 3 fully saturated rings. The Morgan fingerprint density at radius 1 is 1.06 bits per heavy atom. The fourth-order valence-electron chi connectivity index (χ4n) is 5.63. The molecule has 1 aliphatic carbocycles. The number of amides is 2. The zero-order valence-electron chi connectivity index (χ0n) is 19.9. The van der Waals surface area contributed by atoms with E-state index in [4.69, 9.17) is 4.74 Å². The Balaban J connectivity index is 1.21. The first-order chi connectivity index (χ1) is 16.3. The van der Waals surface area contributed by atoms with Crippen LogP contribution in [0.25, 0.3) is 0 Å². The van der Waals surface area contributed by atoms with Crippen molar-refractivity contribution in [1.29, 1.82) is 0 Å². The Kier molecular flexibility index (Phi) is 6.70. The van der Waals surface area contributed by atoms with Crippen LogP contribution in [0.2, 0.25) is 0 Å². The predicted molar refractivity (Wildman–Crippen MR) is 128 cm³/mol. The van der Waals surface area contributed by atoms with Crippen LogP contribution in [0.5, 0.6) is 0 Å². The van der Waals surface area contributed by atoms with Crippen molar-refractivity contribution in [1.82, 2.24) is 9.62 Å². The number of piperidine rings is 1. The van der Waals surface area contributed by atoms with E-state index in [-0.39, 0.29) is 40.7 Å². The normalized spacial score (nSPS) is 26.3. The summed E-state index contributed by atoms with van der Waals surface area (Å²) in [6.45, 7) is 3.98. The molecular weight excluding hydrogens is 454 g/mol. The Bertz CT molecular complexity index is 1040. The van der Waals surface area contributed by atoms with Crippen molar-refractivity contribution in [3.8, 4) is 0 Å². The highest BCUT2D eigenvalue weighted by Crippen LogP contribution is 2.38. The summed E-state index contributed by atoms with van der Waals surface area (Å²) in [6, 6.07) is 5.22. The SMILES string of the molecule is C[C@@H]1Cc2cc(S(=O)(=O)N3CCC(C(=O)NC[C@H]4CCCO4)CC3)ccc2N1C(=O)C1CCC1. The van der Waals surface area contributed by atoms with Gasteiger partial charge in [0, 0.05) is 49.8 Å². The Labute approximate surface area is 202 Å². The molecule has 34 heavy (non-hydrogen) atoms. The average molecular weight is 490 g/mol. The van der Waals surface area contributed by atoms with E-state index in [0.29, 0.717) is 38.9 Å². The zero-order chi connectivity index (χ0) is 23.9. The number of carbonyl (C=O) groups is 2. The predicted octanol–water partition coefficient (Wildman–Crippen LogP) is 2.46. The smallest absolute Gasteiger partial charge is 0.243 e. The first-order valence-corrected chi connectivity index (χ1v) is 14.1. The molecule has 1 saturated carbocycles. The number of nitrogens with one attached hydrogen (secondary N) is 1. The van der Waals surface area contributed by atoms with E-state index in [0.717, 1.165) is 50.0 Å². The van der Waals surface area contributed by atoms with Gasteiger partial charge < -0.3 is 15.0 Å². The zero-order valence-corrected chi connectivity index (χ0v) is 20.7. The average Bonchev–Trinajstić information content (AvgIpc) is 3.42. The topological polar surface area (TPSA) is 96.0 Å². The number of ether oxygens (including phenoxy) is 1. The molecule has 1 aromatic carbocycles.